The maximum atomic E-state index is 12.5. The van der Waals surface area contributed by atoms with Gasteiger partial charge in [0.2, 0.25) is 5.91 Å². The van der Waals surface area contributed by atoms with E-state index in [1.54, 1.807) is 32.4 Å². The number of hydrogen-bond acceptors (Lipinski definition) is 4. The van der Waals surface area contributed by atoms with Crippen LogP contribution in [0.15, 0.2) is 36.4 Å². The summed E-state index contributed by atoms with van der Waals surface area (Å²) in [6.45, 7) is 7.21. The Balaban J connectivity index is 2.10. The van der Waals surface area contributed by atoms with E-state index in [0.29, 0.717) is 17.2 Å². The minimum Gasteiger partial charge on any atom is -0.493 e. The smallest absolute Gasteiger partial charge is 0.243 e. The fourth-order valence-corrected chi connectivity index (χ4v) is 2.81. The van der Waals surface area contributed by atoms with Gasteiger partial charge in [-0.05, 0) is 56.2 Å². The molecule has 1 N–H and O–H groups in total. The molecule has 1 amide bonds. The Morgan fingerprint density at radius 3 is 2.20 bits per heavy atom. The third-order valence-corrected chi connectivity index (χ3v) is 3.96. The molecule has 0 radical (unpaired) electrons. The van der Waals surface area contributed by atoms with Gasteiger partial charge in [-0.2, -0.15) is 0 Å². The monoisotopic (exact) mass is 342 g/mol. The molecule has 2 rings (SSSR count). The Morgan fingerprint density at radius 1 is 1.00 bits per heavy atom. The summed E-state index contributed by atoms with van der Waals surface area (Å²) in [6, 6.07) is 11.6. The zero-order valence-electron chi connectivity index (χ0n) is 15.6. The summed E-state index contributed by atoms with van der Waals surface area (Å²) in [4.78, 5) is 14.5. The molecule has 0 aromatic heterocycles. The minimum absolute atomic E-state index is 0.0757. The number of nitrogens with zero attached hydrogens (tertiary/aromatic N) is 1. The predicted octanol–water partition coefficient (Wildman–Crippen LogP) is 3.79. The first-order chi connectivity index (χ1) is 12.0. The number of ether oxygens (including phenoxy) is 2. The van der Waals surface area contributed by atoms with Gasteiger partial charge in [0.25, 0.3) is 0 Å². The van der Waals surface area contributed by atoms with E-state index in [2.05, 4.69) is 42.3 Å². The van der Waals surface area contributed by atoms with Gasteiger partial charge < -0.3 is 19.7 Å². The maximum absolute atomic E-state index is 12.5. The van der Waals surface area contributed by atoms with Crippen LogP contribution in [0.5, 0.6) is 11.5 Å². The SMILES string of the molecule is CCN(CC(=O)Nc1ccc(OC)c(OC)c1)c1cc(C)cc(C)c1. The standard InChI is InChI=1S/C20H26N2O3/c1-6-22(17-10-14(2)9-15(3)11-17)13-20(23)21-16-7-8-18(24-4)19(12-16)25-5/h7-12H,6,13H2,1-5H3,(H,21,23). The van der Waals surface area contributed by atoms with Crippen molar-refractivity contribution < 1.29 is 14.3 Å². The van der Waals surface area contributed by atoms with Crippen LogP contribution in [-0.4, -0.2) is 33.2 Å². The molecule has 0 aliphatic rings. The van der Waals surface area contributed by atoms with Gasteiger partial charge in [-0.15, -0.1) is 0 Å². The molecule has 0 heterocycles. The molecule has 0 aliphatic heterocycles. The van der Waals surface area contributed by atoms with E-state index in [1.165, 1.54) is 11.1 Å². The van der Waals surface area contributed by atoms with E-state index in [0.717, 1.165) is 12.2 Å². The highest BCUT2D eigenvalue weighted by Crippen LogP contribution is 2.29. The number of benzene rings is 2. The van der Waals surface area contributed by atoms with Crippen molar-refractivity contribution in [1.82, 2.24) is 0 Å². The molecule has 0 spiro atoms. The van der Waals surface area contributed by atoms with Crippen LogP contribution in [0, 0.1) is 13.8 Å². The molecule has 25 heavy (non-hydrogen) atoms. The lowest BCUT2D eigenvalue weighted by molar-refractivity contribution is -0.115. The first kappa shape index (κ1) is 18.6. The average molecular weight is 342 g/mol. The molecule has 0 saturated heterocycles. The van der Waals surface area contributed by atoms with Crippen molar-refractivity contribution in [2.24, 2.45) is 0 Å². The number of likely N-dealkylation sites (N-methyl/N-ethyl adjacent to an activating group) is 1. The van der Waals surface area contributed by atoms with E-state index < -0.39 is 0 Å². The zero-order valence-corrected chi connectivity index (χ0v) is 15.6. The van der Waals surface area contributed by atoms with Crippen LogP contribution in [0.3, 0.4) is 0 Å². The maximum Gasteiger partial charge on any atom is 0.243 e. The number of hydrogen-bond donors (Lipinski definition) is 1. The molecule has 5 heteroatoms. The van der Waals surface area contributed by atoms with Gasteiger partial charge in [0.1, 0.15) is 0 Å². The number of anilines is 2. The number of amides is 1. The van der Waals surface area contributed by atoms with E-state index in [1.807, 2.05) is 6.92 Å². The lowest BCUT2D eigenvalue weighted by atomic mass is 10.1. The zero-order chi connectivity index (χ0) is 18.4. The first-order valence-corrected chi connectivity index (χ1v) is 8.32. The molecule has 2 aromatic carbocycles. The first-order valence-electron chi connectivity index (χ1n) is 8.32. The number of methoxy groups -OCH3 is 2. The van der Waals surface area contributed by atoms with Gasteiger partial charge in [-0.3, -0.25) is 4.79 Å². The summed E-state index contributed by atoms with van der Waals surface area (Å²) >= 11 is 0. The van der Waals surface area contributed by atoms with Gasteiger partial charge in [-0.1, -0.05) is 6.07 Å². The Bertz CT molecular complexity index is 723. The van der Waals surface area contributed by atoms with Crippen LogP contribution < -0.4 is 19.7 Å². The van der Waals surface area contributed by atoms with Gasteiger partial charge in [0.15, 0.2) is 11.5 Å². The highest BCUT2D eigenvalue weighted by Gasteiger charge is 2.12. The highest BCUT2D eigenvalue weighted by atomic mass is 16.5. The summed E-state index contributed by atoms with van der Waals surface area (Å²) in [7, 11) is 3.15. The number of nitrogens with one attached hydrogen (secondary N) is 1. The predicted molar refractivity (Wildman–Crippen MR) is 102 cm³/mol. The minimum atomic E-state index is -0.0757. The molecule has 2 aromatic rings. The Hall–Kier alpha value is -2.69. The van der Waals surface area contributed by atoms with Crippen molar-refractivity contribution in [3.05, 3.63) is 47.5 Å². The van der Waals surface area contributed by atoms with Crippen LogP contribution in [0.4, 0.5) is 11.4 Å². The molecule has 0 unspecified atom stereocenters. The molecule has 0 aliphatic carbocycles. The van der Waals surface area contributed by atoms with Gasteiger partial charge in [0.05, 0.1) is 20.8 Å². The van der Waals surface area contributed by atoms with Crippen LogP contribution in [0.1, 0.15) is 18.1 Å². The molecule has 0 fully saturated rings. The summed E-state index contributed by atoms with van der Waals surface area (Å²) < 4.78 is 10.5. The molecule has 0 atom stereocenters. The highest BCUT2D eigenvalue weighted by molar-refractivity contribution is 5.94. The van der Waals surface area contributed by atoms with Gasteiger partial charge in [-0.25, -0.2) is 0 Å². The van der Waals surface area contributed by atoms with Gasteiger partial charge >= 0.3 is 0 Å². The normalized spacial score (nSPS) is 10.3. The second kappa shape index (κ2) is 8.42. The third-order valence-electron chi connectivity index (χ3n) is 3.96. The molecule has 134 valence electrons. The lowest BCUT2D eigenvalue weighted by Crippen LogP contribution is -2.33. The topological polar surface area (TPSA) is 50.8 Å². The Kier molecular flexibility index (Phi) is 6.28. The largest absolute Gasteiger partial charge is 0.493 e. The van der Waals surface area contributed by atoms with Crippen molar-refractivity contribution in [1.29, 1.82) is 0 Å². The van der Waals surface area contributed by atoms with Crippen molar-refractivity contribution in [2.45, 2.75) is 20.8 Å². The number of carbonyl (C=O) groups excluding carboxylic acids is 1. The molecular formula is C20H26N2O3. The molecule has 0 saturated carbocycles. The van der Waals surface area contributed by atoms with E-state index in [4.69, 9.17) is 9.47 Å². The van der Waals surface area contributed by atoms with Gasteiger partial charge in [0, 0.05) is 24.0 Å². The summed E-state index contributed by atoms with van der Waals surface area (Å²) in [5, 5.41) is 2.92. The number of rotatable bonds is 7. The van der Waals surface area contributed by atoms with Crippen molar-refractivity contribution in [3.63, 3.8) is 0 Å². The lowest BCUT2D eigenvalue weighted by Gasteiger charge is -2.23. The molecule has 5 nitrogen and oxygen atoms in total. The van der Waals surface area contributed by atoms with Crippen LogP contribution in [0.2, 0.25) is 0 Å². The Labute approximate surface area is 149 Å². The Morgan fingerprint density at radius 2 is 1.64 bits per heavy atom. The average Bonchev–Trinajstić information content (AvgIpc) is 2.58. The fourth-order valence-electron chi connectivity index (χ4n) is 2.81. The second-order valence-corrected chi connectivity index (χ2v) is 5.98. The summed E-state index contributed by atoms with van der Waals surface area (Å²) in [6.07, 6.45) is 0. The van der Waals surface area contributed by atoms with Crippen LogP contribution in [0.25, 0.3) is 0 Å². The van der Waals surface area contributed by atoms with E-state index >= 15 is 0 Å². The fraction of sp³-hybridized carbons (Fsp3) is 0.350. The number of carbonyl (C=O) groups is 1. The van der Waals surface area contributed by atoms with Crippen molar-refractivity contribution >= 4 is 17.3 Å². The summed E-state index contributed by atoms with van der Waals surface area (Å²) in [5.74, 6) is 1.14. The quantitative estimate of drug-likeness (QED) is 0.832. The molecular weight excluding hydrogens is 316 g/mol. The summed E-state index contributed by atoms with van der Waals surface area (Å²) in [5.41, 5.74) is 4.11. The molecule has 0 bridgehead atoms. The number of aryl methyl sites for hydroxylation is 2. The van der Waals surface area contributed by atoms with Crippen molar-refractivity contribution in [3.8, 4) is 11.5 Å². The second-order valence-electron chi connectivity index (χ2n) is 5.98. The van der Waals surface area contributed by atoms with Crippen molar-refractivity contribution in [2.75, 3.05) is 37.5 Å². The van der Waals surface area contributed by atoms with E-state index in [9.17, 15) is 4.79 Å². The van der Waals surface area contributed by atoms with Crippen LogP contribution >= 0.6 is 0 Å². The van der Waals surface area contributed by atoms with Crippen LogP contribution in [-0.2, 0) is 4.79 Å². The third kappa shape index (κ3) is 4.89. The van der Waals surface area contributed by atoms with E-state index in [-0.39, 0.29) is 12.5 Å².